The van der Waals surface area contributed by atoms with Crippen LogP contribution in [-0.2, 0) is 5.41 Å². The van der Waals surface area contributed by atoms with E-state index in [1.807, 2.05) is 0 Å². The van der Waals surface area contributed by atoms with Crippen LogP contribution in [0.15, 0.2) is 164 Å². The van der Waals surface area contributed by atoms with E-state index in [1.165, 1.54) is 64.8 Å². The largest absolute Gasteiger partial charge is 0.277 e. The molecule has 3 aromatic heterocycles. The van der Waals surface area contributed by atoms with Crippen molar-refractivity contribution >= 4 is 75.0 Å². The number of aromatic nitrogens is 3. The number of para-hydroxylation sites is 1. The molecular weight excluding hydrogens is 687 g/mol. The van der Waals surface area contributed by atoms with E-state index in [9.17, 15) is 0 Å². The van der Waals surface area contributed by atoms with Gasteiger partial charge in [0.1, 0.15) is 0 Å². The molecule has 11 aromatic rings. The summed E-state index contributed by atoms with van der Waals surface area (Å²) in [5.74, 6) is 0.679. The number of nitrogens with zero attached hydrogens (tertiary/aromatic N) is 3. The van der Waals surface area contributed by atoms with Crippen molar-refractivity contribution < 1.29 is 0 Å². The summed E-state index contributed by atoms with van der Waals surface area (Å²) >= 11 is 1.77. The van der Waals surface area contributed by atoms with Crippen LogP contribution in [0.25, 0.3) is 103 Å². The highest BCUT2D eigenvalue weighted by molar-refractivity contribution is 7.26. The summed E-state index contributed by atoms with van der Waals surface area (Å²) in [6.45, 7) is 4.75. The second-order valence-corrected chi connectivity index (χ2v) is 16.4. The summed E-state index contributed by atoms with van der Waals surface area (Å²) in [6.07, 6.45) is 0. The molecule has 1 aliphatic carbocycles. The van der Waals surface area contributed by atoms with Crippen LogP contribution in [0.2, 0.25) is 0 Å². The molecule has 0 atom stereocenters. The van der Waals surface area contributed by atoms with Crippen molar-refractivity contribution in [2.45, 2.75) is 19.3 Å². The Hall–Kier alpha value is -6.62. The monoisotopic (exact) mass is 719 g/mol. The molecule has 0 saturated heterocycles. The van der Waals surface area contributed by atoms with E-state index in [-0.39, 0.29) is 5.41 Å². The first-order valence-electron chi connectivity index (χ1n) is 18.9. The van der Waals surface area contributed by atoms with Crippen LogP contribution in [-0.4, -0.2) is 14.5 Å². The molecule has 55 heavy (non-hydrogen) atoms. The van der Waals surface area contributed by atoms with Crippen LogP contribution in [0.1, 0.15) is 25.0 Å². The third-order valence-corrected chi connectivity index (χ3v) is 13.2. The lowest BCUT2D eigenvalue weighted by molar-refractivity contribution is 0.661. The fraction of sp³-hybridized carbons (Fsp3) is 0.0588. The molecule has 8 aromatic carbocycles. The predicted molar refractivity (Wildman–Crippen MR) is 233 cm³/mol. The van der Waals surface area contributed by atoms with Gasteiger partial charge in [0, 0.05) is 37.4 Å². The zero-order valence-corrected chi connectivity index (χ0v) is 31.2. The van der Waals surface area contributed by atoms with Gasteiger partial charge in [-0.1, -0.05) is 159 Å². The second kappa shape index (κ2) is 11.2. The van der Waals surface area contributed by atoms with Gasteiger partial charge >= 0.3 is 0 Å². The molecule has 0 N–H and O–H groups in total. The first-order chi connectivity index (χ1) is 27.0. The molecule has 0 aliphatic heterocycles. The Labute approximate surface area is 321 Å². The summed E-state index contributed by atoms with van der Waals surface area (Å²) in [5, 5.41) is 8.60. The van der Waals surface area contributed by atoms with Crippen molar-refractivity contribution in [2.24, 2.45) is 0 Å². The molecule has 0 bridgehead atoms. The van der Waals surface area contributed by atoms with E-state index in [2.05, 4.69) is 182 Å². The predicted octanol–water partition coefficient (Wildman–Crippen LogP) is 13.9. The van der Waals surface area contributed by atoms with Crippen molar-refractivity contribution in [3.63, 3.8) is 0 Å². The SMILES string of the molecule is CC1(C)c2cc(-c3cccc4c5c6ccccc6ccc5n(-c5nc(-c6ccccc6)c6sc7ccccc7c6n5)c34)ccc2-c2c1ccc1ccccc21. The third-order valence-electron chi connectivity index (χ3n) is 12.0. The van der Waals surface area contributed by atoms with Gasteiger partial charge in [0.05, 0.1) is 26.9 Å². The standard InChI is InChI=1S/C51H33N3S/c1-51(2)40-27-24-30-13-6-8-17-34(30)44(40)37-26-23-33(29-41(37)51)36-20-12-21-39-45-35-18-9-7-14-31(35)25-28-42(45)54(48(36)39)50-52-46(32-15-4-3-5-16-32)49-47(53-50)38-19-10-11-22-43(38)55-49/h3-29H,1-2H3. The minimum Gasteiger partial charge on any atom is -0.277 e. The molecule has 3 nitrogen and oxygen atoms in total. The van der Waals surface area contributed by atoms with Gasteiger partial charge < -0.3 is 0 Å². The lowest BCUT2D eigenvalue weighted by Gasteiger charge is -2.22. The van der Waals surface area contributed by atoms with E-state index >= 15 is 0 Å². The maximum atomic E-state index is 5.52. The van der Waals surface area contributed by atoms with Crippen molar-refractivity contribution in [3.05, 3.63) is 175 Å². The number of fused-ring (bicyclic) bond motifs is 13. The Bertz CT molecular complexity index is 3400. The molecule has 12 rings (SSSR count). The minimum absolute atomic E-state index is 0.153. The summed E-state index contributed by atoms with van der Waals surface area (Å²) in [7, 11) is 0. The van der Waals surface area contributed by atoms with Gasteiger partial charge in [-0.05, 0) is 67.6 Å². The molecule has 0 fully saturated rings. The molecule has 0 radical (unpaired) electrons. The second-order valence-electron chi connectivity index (χ2n) is 15.3. The Balaban J connectivity index is 1.19. The van der Waals surface area contributed by atoms with Gasteiger partial charge in [0.15, 0.2) is 0 Å². The van der Waals surface area contributed by atoms with Gasteiger partial charge in [-0.3, -0.25) is 4.57 Å². The lowest BCUT2D eigenvalue weighted by Crippen LogP contribution is -2.15. The highest BCUT2D eigenvalue weighted by Crippen LogP contribution is 2.53. The highest BCUT2D eigenvalue weighted by atomic mass is 32.1. The van der Waals surface area contributed by atoms with Gasteiger partial charge in [-0.2, -0.15) is 0 Å². The molecule has 0 amide bonds. The summed E-state index contributed by atoms with van der Waals surface area (Å²) in [6, 6.07) is 59.7. The normalized spacial score (nSPS) is 13.4. The van der Waals surface area contributed by atoms with Crippen LogP contribution in [0.5, 0.6) is 0 Å². The number of benzene rings is 8. The topological polar surface area (TPSA) is 30.7 Å². The van der Waals surface area contributed by atoms with Crippen LogP contribution in [0.3, 0.4) is 0 Å². The van der Waals surface area contributed by atoms with Crippen molar-refractivity contribution in [2.75, 3.05) is 0 Å². The van der Waals surface area contributed by atoms with Gasteiger partial charge in [0.2, 0.25) is 5.95 Å². The number of rotatable bonds is 3. The summed E-state index contributed by atoms with van der Waals surface area (Å²) in [5.41, 5.74) is 12.9. The average Bonchev–Trinajstić information content (AvgIpc) is 3.86. The van der Waals surface area contributed by atoms with Crippen molar-refractivity contribution in [1.29, 1.82) is 0 Å². The van der Waals surface area contributed by atoms with E-state index in [0.717, 1.165) is 43.5 Å². The van der Waals surface area contributed by atoms with Crippen LogP contribution < -0.4 is 0 Å². The zero-order chi connectivity index (χ0) is 36.4. The average molecular weight is 720 g/mol. The molecule has 0 spiro atoms. The smallest absolute Gasteiger partial charge is 0.235 e. The fourth-order valence-corrected chi connectivity index (χ4v) is 10.6. The molecule has 0 unspecified atom stereocenters. The van der Waals surface area contributed by atoms with Crippen LogP contribution in [0, 0.1) is 0 Å². The molecule has 4 heteroatoms. The highest BCUT2D eigenvalue weighted by Gasteiger charge is 2.37. The summed E-state index contributed by atoms with van der Waals surface area (Å²) in [4.78, 5) is 11.0. The molecule has 3 heterocycles. The summed E-state index contributed by atoms with van der Waals surface area (Å²) < 4.78 is 4.66. The van der Waals surface area contributed by atoms with Crippen molar-refractivity contribution in [3.8, 4) is 39.5 Å². The number of hydrogen-bond donors (Lipinski definition) is 0. The Morgan fingerprint density at radius 2 is 1.24 bits per heavy atom. The Kier molecular flexibility index (Phi) is 6.27. The minimum atomic E-state index is -0.153. The van der Waals surface area contributed by atoms with E-state index in [0.29, 0.717) is 5.95 Å². The number of thiophene rings is 1. The van der Waals surface area contributed by atoms with Crippen LogP contribution in [0.4, 0.5) is 0 Å². The van der Waals surface area contributed by atoms with E-state index < -0.39 is 0 Å². The molecule has 258 valence electrons. The quantitative estimate of drug-likeness (QED) is 0.182. The van der Waals surface area contributed by atoms with Crippen LogP contribution >= 0.6 is 11.3 Å². The lowest BCUT2D eigenvalue weighted by atomic mass is 9.81. The maximum absolute atomic E-state index is 5.52. The van der Waals surface area contributed by atoms with Crippen molar-refractivity contribution in [1.82, 2.24) is 14.5 Å². The first kappa shape index (κ1) is 30.8. The fourth-order valence-electron chi connectivity index (χ4n) is 9.42. The molecule has 1 aliphatic rings. The number of hydrogen-bond acceptors (Lipinski definition) is 3. The van der Waals surface area contributed by atoms with E-state index in [1.54, 1.807) is 11.3 Å². The molecule has 0 saturated carbocycles. The maximum Gasteiger partial charge on any atom is 0.235 e. The van der Waals surface area contributed by atoms with E-state index in [4.69, 9.17) is 9.97 Å². The van der Waals surface area contributed by atoms with Gasteiger partial charge in [0.25, 0.3) is 0 Å². The third kappa shape index (κ3) is 4.26. The molecular formula is C51H33N3S. The Morgan fingerprint density at radius 1 is 0.527 bits per heavy atom. The zero-order valence-electron chi connectivity index (χ0n) is 30.3. The van der Waals surface area contributed by atoms with Gasteiger partial charge in [-0.25, -0.2) is 9.97 Å². The first-order valence-corrected chi connectivity index (χ1v) is 19.7. The van der Waals surface area contributed by atoms with Gasteiger partial charge in [-0.15, -0.1) is 11.3 Å². The Morgan fingerprint density at radius 3 is 2.09 bits per heavy atom.